The number of aromatic amines is 1. The van der Waals surface area contributed by atoms with E-state index < -0.39 is 11.4 Å². The Morgan fingerprint density at radius 2 is 2.20 bits per heavy atom. The van der Waals surface area contributed by atoms with Gasteiger partial charge >= 0.3 is 5.97 Å². The highest BCUT2D eigenvalue weighted by Crippen LogP contribution is 2.38. The first-order valence-corrected chi connectivity index (χ1v) is 6.94. The van der Waals surface area contributed by atoms with Crippen LogP contribution in [0.4, 0.5) is 0 Å². The molecule has 20 heavy (non-hydrogen) atoms. The predicted octanol–water partition coefficient (Wildman–Crippen LogP) is 1.01. The van der Waals surface area contributed by atoms with Gasteiger partial charge in [-0.25, -0.2) is 4.98 Å². The van der Waals surface area contributed by atoms with Crippen LogP contribution >= 0.6 is 0 Å². The second kappa shape index (κ2) is 4.57. The van der Waals surface area contributed by atoms with Gasteiger partial charge in [-0.1, -0.05) is 0 Å². The molecule has 1 aromatic heterocycles. The van der Waals surface area contributed by atoms with Gasteiger partial charge in [0.1, 0.15) is 5.82 Å². The molecule has 0 aromatic carbocycles. The number of amides is 1. The van der Waals surface area contributed by atoms with Crippen LogP contribution in [0.1, 0.15) is 55.0 Å². The van der Waals surface area contributed by atoms with Gasteiger partial charge in [0.15, 0.2) is 0 Å². The summed E-state index contributed by atoms with van der Waals surface area (Å²) in [7, 11) is 0. The minimum absolute atomic E-state index is 0.154. The molecular weight excluding hydrogens is 260 g/mol. The minimum Gasteiger partial charge on any atom is -0.481 e. The Morgan fingerprint density at radius 3 is 2.85 bits per heavy atom. The van der Waals surface area contributed by atoms with Crippen molar-refractivity contribution in [3.05, 3.63) is 11.6 Å². The fourth-order valence-corrected chi connectivity index (χ4v) is 2.64. The topological polar surface area (TPSA) is 99.2 Å². The molecule has 1 aliphatic carbocycles. The lowest BCUT2D eigenvalue weighted by Crippen LogP contribution is -2.48. The number of likely N-dealkylation sites (tertiary alicyclic amines) is 1. The third kappa shape index (κ3) is 2.28. The van der Waals surface area contributed by atoms with Crippen LogP contribution in [-0.2, 0) is 4.79 Å². The number of carbonyl (C=O) groups is 2. The van der Waals surface area contributed by atoms with Crippen LogP contribution in [-0.4, -0.2) is 50.2 Å². The van der Waals surface area contributed by atoms with E-state index in [1.165, 1.54) is 0 Å². The Balaban J connectivity index is 1.73. The molecule has 1 atom stereocenters. The van der Waals surface area contributed by atoms with Gasteiger partial charge in [0.25, 0.3) is 5.91 Å². The molecular formula is C13H18N4O3. The zero-order chi connectivity index (χ0) is 14.3. The Bertz CT molecular complexity index is 552. The number of carboxylic acids is 1. The van der Waals surface area contributed by atoms with Crippen molar-refractivity contribution in [1.29, 1.82) is 0 Å². The van der Waals surface area contributed by atoms with E-state index in [2.05, 4.69) is 15.2 Å². The fraction of sp³-hybridized carbons (Fsp3) is 0.692. The number of hydrogen-bond acceptors (Lipinski definition) is 4. The average Bonchev–Trinajstić information content (AvgIpc) is 3.16. The number of aliphatic carboxylic acids is 1. The monoisotopic (exact) mass is 278 g/mol. The van der Waals surface area contributed by atoms with Gasteiger partial charge in [-0.15, -0.1) is 5.10 Å². The molecule has 1 aliphatic heterocycles. The van der Waals surface area contributed by atoms with Crippen LogP contribution in [0.3, 0.4) is 0 Å². The number of nitrogens with one attached hydrogen (secondary N) is 1. The summed E-state index contributed by atoms with van der Waals surface area (Å²) in [4.78, 5) is 29.4. The van der Waals surface area contributed by atoms with Gasteiger partial charge in [0.2, 0.25) is 5.82 Å². The molecule has 3 rings (SSSR count). The highest BCUT2D eigenvalue weighted by molar-refractivity contribution is 5.91. The average molecular weight is 278 g/mol. The summed E-state index contributed by atoms with van der Waals surface area (Å²) < 4.78 is 0. The van der Waals surface area contributed by atoms with Crippen LogP contribution in [0.15, 0.2) is 0 Å². The quantitative estimate of drug-likeness (QED) is 0.859. The van der Waals surface area contributed by atoms with E-state index in [0.29, 0.717) is 25.3 Å². The molecule has 1 saturated carbocycles. The van der Waals surface area contributed by atoms with E-state index in [-0.39, 0.29) is 18.3 Å². The maximum Gasteiger partial charge on any atom is 0.311 e. The molecule has 108 valence electrons. The van der Waals surface area contributed by atoms with E-state index in [4.69, 9.17) is 0 Å². The molecule has 7 heteroatoms. The van der Waals surface area contributed by atoms with Gasteiger partial charge < -0.3 is 10.0 Å². The van der Waals surface area contributed by atoms with E-state index in [1.54, 1.807) is 11.8 Å². The number of carboxylic acid groups (broad SMARTS) is 1. The maximum atomic E-state index is 12.4. The number of nitrogens with zero attached hydrogens (tertiary/aromatic N) is 3. The standard InChI is InChI=1S/C13H18N4O3/c1-13(12(19)20)5-2-6-17(7-13)11(18)10-14-9(15-16-10)8-3-4-8/h8H,2-7H2,1H3,(H,19,20)(H,14,15,16). The molecule has 1 amide bonds. The molecule has 1 unspecified atom stereocenters. The van der Waals surface area contributed by atoms with Crippen LogP contribution in [0, 0.1) is 5.41 Å². The van der Waals surface area contributed by atoms with E-state index in [9.17, 15) is 14.7 Å². The predicted molar refractivity (Wildman–Crippen MR) is 69.2 cm³/mol. The van der Waals surface area contributed by atoms with E-state index in [1.807, 2.05) is 0 Å². The second-order valence-corrected chi connectivity index (χ2v) is 6.01. The molecule has 2 aliphatic rings. The third-order valence-corrected chi connectivity index (χ3v) is 4.16. The van der Waals surface area contributed by atoms with Gasteiger partial charge in [0, 0.05) is 19.0 Å². The summed E-state index contributed by atoms with van der Waals surface area (Å²) in [6, 6.07) is 0. The first-order chi connectivity index (χ1) is 9.49. The second-order valence-electron chi connectivity index (χ2n) is 6.01. The summed E-state index contributed by atoms with van der Waals surface area (Å²) in [5.41, 5.74) is -0.871. The summed E-state index contributed by atoms with van der Waals surface area (Å²) in [6.45, 7) is 2.46. The van der Waals surface area contributed by atoms with Crippen molar-refractivity contribution in [2.75, 3.05) is 13.1 Å². The van der Waals surface area contributed by atoms with Gasteiger partial charge in [-0.3, -0.25) is 14.7 Å². The highest BCUT2D eigenvalue weighted by Gasteiger charge is 2.40. The number of piperidine rings is 1. The fourth-order valence-electron chi connectivity index (χ4n) is 2.64. The molecule has 1 saturated heterocycles. The van der Waals surface area contributed by atoms with Crippen LogP contribution in [0.5, 0.6) is 0 Å². The number of aromatic nitrogens is 3. The Labute approximate surface area is 116 Å². The maximum absolute atomic E-state index is 12.4. The molecule has 1 aromatic rings. The minimum atomic E-state index is -0.871. The summed E-state index contributed by atoms with van der Waals surface area (Å²) in [5, 5.41) is 16.1. The molecule has 2 N–H and O–H groups in total. The van der Waals surface area contributed by atoms with Gasteiger partial charge in [-0.2, -0.15) is 0 Å². The SMILES string of the molecule is CC1(C(=O)O)CCCN(C(=O)c2n[nH]c(C3CC3)n2)C1. The van der Waals surface area contributed by atoms with Crippen molar-refractivity contribution in [1.82, 2.24) is 20.1 Å². The van der Waals surface area contributed by atoms with Crippen molar-refractivity contribution in [2.45, 2.75) is 38.5 Å². The Kier molecular flexibility index (Phi) is 2.99. The summed E-state index contributed by atoms with van der Waals surface area (Å²) >= 11 is 0. The van der Waals surface area contributed by atoms with Crippen molar-refractivity contribution in [3.63, 3.8) is 0 Å². The van der Waals surface area contributed by atoms with Crippen molar-refractivity contribution < 1.29 is 14.7 Å². The van der Waals surface area contributed by atoms with Gasteiger partial charge in [-0.05, 0) is 32.6 Å². The van der Waals surface area contributed by atoms with Crippen molar-refractivity contribution in [3.8, 4) is 0 Å². The molecule has 2 fully saturated rings. The number of hydrogen-bond donors (Lipinski definition) is 2. The first kappa shape index (κ1) is 13.1. The summed E-state index contributed by atoms with van der Waals surface area (Å²) in [6.07, 6.45) is 3.45. The molecule has 2 heterocycles. The Morgan fingerprint density at radius 1 is 1.45 bits per heavy atom. The summed E-state index contributed by atoms with van der Waals surface area (Å²) in [5.74, 6) is 0.201. The van der Waals surface area contributed by atoms with Crippen molar-refractivity contribution in [2.24, 2.45) is 5.41 Å². The number of H-pyrrole nitrogens is 1. The van der Waals surface area contributed by atoms with Crippen LogP contribution < -0.4 is 0 Å². The van der Waals surface area contributed by atoms with Crippen LogP contribution in [0.25, 0.3) is 0 Å². The van der Waals surface area contributed by atoms with Gasteiger partial charge in [0.05, 0.1) is 5.41 Å². The van der Waals surface area contributed by atoms with Crippen LogP contribution in [0.2, 0.25) is 0 Å². The largest absolute Gasteiger partial charge is 0.481 e. The Hall–Kier alpha value is -1.92. The smallest absolute Gasteiger partial charge is 0.311 e. The highest BCUT2D eigenvalue weighted by atomic mass is 16.4. The molecule has 7 nitrogen and oxygen atoms in total. The lowest BCUT2D eigenvalue weighted by Gasteiger charge is -2.36. The zero-order valence-electron chi connectivity index (χ0n) is 11.4. The third-order valence-electron chi connectivity index (χ3n) is 4.16. The van der Waals surface area contributed by atoms with E-state index in [0.717, 1.165) is 18.7 Å². The first-order valence-electron chi connectivity index (χ1n) is 6.94. The van der Waals surface area contributed by atoms with E-state index >= 15 is 0 Å². The number of carbonyl (C=O) groups excluding carboxylic acids is 1. The lowest BCUT2D eigenvalue weighted by molar-refractivity contribution is -0.150. The number of rotatable bonds is 3. The van der Waals surface area contributed by atoms with Crippen molar-refractivity contribution >= 4 is 11.9 Å². The molecule has 0 radical (unpaired) electrons. The molecule has 0 bridgehead atoms. The normalized spacial score (nSPS) is 26.6. The molecule has 0 spiro atoms. The lowest BCUT2D eigenvalue weighted by atomic mass is 9.82. The zero-order valence-corrected chi connectivity index (χ0v) is 11.4.